The van der Waals surface area contributed by atoms with Crippen LogP contribution in [0.2, 0.25) is 0 Å². The highest BCUT2D eigenvalue weighted by molar-refractivity contribution is 7.54. The molecule has 1 atom stereocenters. The lowest BCUT2D eigenvalue weighted by atomic mass is 10.1. The van der Waals surface area contributed by atoms with Gasteiger partial charge in [-0.2, -0.15) is 0 Å². The van der Waals surface area contributed by atoms with E-state index >= 15 is 0 Å². The largest absolute Gasteiger partial charge is 0.478 e. The molecule has 0 saturated heterocycles. The van der Waals surface area contributed by atoms with E-state index in [1.165, 1.54) is 24.3 Å². The monoisotopic (exact) mass is 287 g/mol. The quantitative estimate of drug-likeness (QED) is 0.748. The zero-order valence-electron chi connectivity index (χ0n) is 10.9. The first-order valence-electron chi connectivity index (χ1n) is 5.92. The van der Waals surface area contributed by atoms with Crippen LogP contribution in [0.3, 0.4) is 0 Å². The molecule has 106 valence electrons. The Labute approximate surface area is 112 Å². The first-order valence-corrected chi connectivity index (χ1v) is 7.53. The van der Waals surface area contributed by atoms with Crippen LogP contribution in [0.15, 0.2) is 24.3 Å². The summed E-state index contributed by atoms with van der Waals surface area (Å²) in [6.45, 7) is 3.84. The van der Waals surface area contributed by atoms with Crippen molar-refractivity contribution in [3.63, 3.8) is 0 Å². The molecule has 0 heterocycles. The molecule has 0 unspecified atom stereocenters. The van der Waals surface area contributed by atoms with Crippen molar-refractivity contribution in [2.45, 2.75) is 19.6 Å². The lowest BCUT2D eigenvalue weighted by molar-refractivity contribution is 0.0697. The molecule has 0 aliphatic carbocycles. The van der Waals surface area contributed by atoms with Crippen molar-refractivity contribution in [2.24, 2.45) is 5.73 Å². The number of carboxylic acids is 1. The molecule has 0 aliphatic heterocycles. The molecule has 0 aromatic heterocycles. The van der Waals surface area contributed by atoms with Crippen molar-refractivity contribution < 1.29 is 23.5 Å². The van der Waals surface area contributed by atoms with Gasteiger partial charge in [-0.25, -0.2) is 4.79 Å². The van der Waals surface area contributed by atoms with Gasteiger partial charge >= 0.3 is 13.6 Å². The Bertz CT molecular complexity index is 464. The number of carbonyl (C=O) groups is 1. The molecule has 1 rings (SSSR count). The molecule has 0 radical (unpaired) electrons. The molecule has 7 heteroatoms. The van der Waals surface area contributed by atoms with E-state index < -0.39 is 19.3 Å². The van der Waals surface area contributed by atoms with Gasteiger partial charge in [-0.3, -0.25) is 4.57 Å². The summed E-state index contributed by atoms with van der Waals surface area (Å²) in [5, 5.41) is 8.81. The van der Waals surface area contributed by atoms with Crippen LogP contribution in [0.5, 0.6) is 0 Å². The van der Waals surface area contributed by atoms with Crippen LogP contribution < -0.4 is 5.73 Å². The normalized spacial score (nSPS) is 13.2. The van der Waals surface area contributed by atoms with Crippen molar-refractivity contribution >= 4 is 13.6 Å². The second-order valence-electron chi connectivity index (χ2n) is 3.75. The van der Waals surface area contributed by atoms with E-state index in [0.717, 1.165) is 0 Å². The van der Waals surface area contributed by atoms with Gasteiger partial charge in [0.2, 0.25) is 0 Å². The van der Waals surface area contributed by atoms with E-state index in [2.05, 4.69) is 0 Å². The molecule has 3 N–H and O–H groups in total. The summed E-state index contributed by atoms with van der Waals surface area (Å²) in [5.41, 5.74) is 6.56. The van der Waals surface area contributed by atoms with Crippen molar-refractivity contribution in [2.75, 3.05) is 13.2 Å². The Kier molecular flexibility index (Phi) is 5.69. The summed E-state index contributed by atoms with van der Waals surface area (Å²) >= 11 is 0. The zero-order valence-corrected chi connectivity index (χ0v) is 11.8. The van der Waals surface area contributed by atoms with E-state index in [1.54, 1.807) is 13.8 Å². The number of rotatable bonds is 7. The first kappa shape index (κ1) is 15.9. The standard InChI is InChI=1S/C12H18NO5P/c1-3-17-19(16,18-4-2)11(13)9-5-7-10(8-6-9)12(14)15/h5-8,11H,3-4,13H2,1-2H3,(H,14,15)/t11-/m1/s1. The number of nitrogens with two attached hydrogens (primary N) is 1. The van der Waals surface area contributed by atoms with Gasteiger partial charge in [-0.15, -0.1) is 0 Å². The van der Waals surface area contributed by atoms with Crippen molar-refractivity contribution in [1.82, 2.24) is 0 Å². The SMILES string of the molecule is CCOP(=O)(OCC)[C@@H](N)c1ccc(C(=O)O)cc1. The minimum absolute atomic E-state index is 0.138. The van der Waals surface area contributed by atoms with Crippen LogP contribution in [-0.2, 0) is 13.6 Å². The van der Waals surface area contributed by atoms with Crippen molar-refractivity contribution in [3.8, 4) is 0 Å². The predicted octanol–water partition coefficient (Wildman–Crippen LogP) is 2.61. The van der Waals surface area contributed by atoms with Crippen LogP contribution in [0.4, 0.5) is 0 Å². The van der Waals surface area contributed by atoms with E-state index in [1.807, 2.05) is 0 Å². The Morgan fingerprint density at radius 2 is 1.74 bits per heavy atom. The number of carboxylic acid groups (broad SMARTS) is 1. The second-order valence-corrected chi connectivity index (χ2v) is 5.90. The van der Waals surface area contributed by atoms with Crippen molar-refractivity contribution in [3.05, 3.63) is 35.4 Å². The number of aromatic carboxylic acids is 1. The average molecular weight is 287 g/mol. The molecule has 6 nitrogen and oxygen atoms in total. The highest BCUT2D eigenvalue weighted by Crippen LogP contribution is 2.58. The fourth-order valence-corrected chi connectivity index (χ4v) is 3.22. The summed E-state index contributed by atoms with van der Waals surface area (Å²) in [7, 11) is -3.44. The van der Waals surface area contributed by atoms with Crippen LogP contribution >= 0.6 is 7.60 Å². The van der Waals surface area contributed by atoms with Crippen LogP contribution in [0.25, 0.3) is 0 Å². The maximum Gasteiger partial charge on any atom is 0.351 e. The van der Waals surface area contributed by atoms with E-state index in [-0.39, 0.29) is 18.8 Å². The second kappa shape index (κ2) is 6.82. The number of hydrogen-bond donors (Lipinski definition) is 2. The molecular weight excluding hydrogens is 269 g/mol. The molecule has 0 fully saturated rings. The Morgan fingerprint density at radius 1 is 1.26 bits per heavy atom. The van der Waals surface area contributed by atoms with E-state index in [9.17, 15) is 9.36 Å². The lowest BCUT2D eigenvalue weighted by Gasteiger charge is -2.23. The molecule has 0 spiro atoms. The zero-order chi connectivity index (χ0) is 14.5. The Balaban J connectivity index is 2.99. The molecule has 0 aliphatic rings. The van der Waals surface area contributed by atoms with Crippen LogP contribution in [0.1, 0.15) is 35.6 Å². The molecule has 1 aromatic carbocycles. The number of benzene rings is 1. The fraction of sp³-hybridized carbons (Fsp3) is 0.417. The van der Waals surface area contributed by atoms with Gasteiger partial charge < -0.3 is 19.9 Å². The van der Waals surface area contributed by atoms with Gasteiger partial charge in [0.15, 0.2) is 0 Å². The summed E-state index contributed by atoms with van der Waals surface area (Å²) in [5.74, 6) is -1.96. The third-order valence-corrected chi connectivity index (χ3v) is 4.67. The number of hydrogen-bond acceptors (Lipinski definition) is 5. The van der Waals surface area contributed by atoms with Crippen molar-refractivity contribution in [1.29, 1.82) is 0 Å². The summed E-state index contributed by atoms with van der Waals surface area (Å²) < 4.78 is 22.8. The average Bonchev–Trinajstić information content (AvgIpc) is 2.38. The third kappa shape index (κ3) is 3.88. The van der Waals surface area contributed by atoms with E-state index in [4.69, 9.17) is 19.9 Å². The fourth-order valence-electron chi connectivity index (χ4n) is 1.56. The Morgan fingerprint density at radius 3 is 2.11 bits per heavy atom. The van der Waals surface area contributed by atoms with Gasteiger partial charge in [0, 0.05) is 0 Å². The van der Waals surface area contributed by atoms with Gasteiger partial charge in [0.05, 0.1) is 18.8 Å². The molecule has 0 saturated carbocycles. The van der Waals surface area contributed by atoms with Gasteiger partial charge in [-0.05, 0) is 31.5 Å². The van der Waals surface area contributed by atoms with E-state index in [0.29, 0.717) is 5.56 Å². The van der Waals surface area contributed by atoms with Gasteiger partial charge in [0.25, 0.3) is 0 Å². The molecule has 1 aromatic rings. The third-order valence-electron chi connectivity index (χ3n) is 2.46. The maximum atomic E-state index is 12.4. The smallest absolute Gasteiger partial charge is 0.351 e. The lowest BCUT2D eigenvalue weighted by Crippen LogP contribution is -2.15. The molecule has 19 heavy (non-hydrogen) atoms. The Hall–Kier alpha value is -1.20. The first-order chi connectivity index (χ1) is 8.94. The van der Waals surface area contributed by atoms with Crippen LogP contribution in [0, 0.1) is 0 Å². The maximum absolute atomic E-state index is 12.4. The summed E-state index contributed by atoms with van der Waals surface area (Å²) in [6, 6.07) is 5.83. The minimum atomic E-state index is -3.44. The van der Waals surface area contributed by atoms with Crippen LogP contribution in [-0.4, -0.2) is 24.3 Å². The summed E-state index contributed by atoms with van der Waals surface area (Å²) in [4.78, 5) is 10.7. The topological polar surface area (TPSA) is 98.9 Å². The molecule has 0 amide bonds. The van der Waals surface area contributed by atoms with Gasteiger partial charge in [0.1, 0.15) is 5.78 Å². The molecule has 0 bridgehead atoms. The van der Waals surface area contributed by atoms with Gasteiger partial charge in [-0.1, -0.05) is 12.1 Å². The molecular formula is C12H18NO5P. The predicted molar refractivity (Wildman–Crippen MR) is 71.2 cm³/mol. The minimum Gasteiger partial charge on any atom is -0.478 e. The summed E-state index contributed by atoms with van der Waals surface area (Å²) in [6.07, 6.45) is 0. The highest BCUT2D eigenvalue weighted by atomic mass is 31.2. The highest BCUT2D eigenvalue weighted by Gasteiger charge is 2.33.